The van der Waals surface area contributed by atoms with E-state index in [0.29, 0.717) is 17.5 Å². The second-order valence-electron chi connectivity index (χ2n) is 9.95. The van der Waals surface area contributed by atoms with Gasteiger partial charge in [0.05, 0.1) is 12.1 Å². The molecule has 0 saturated heterocycles. The number of nitrogens with one attached hydrogen (secondary N) is 1. The van der Waals surface area contributed by atoms with Crippen molar-refractivity contribution in [3.63, 3.8) is 0 Å². The van der Waals surface area contributed by atoms with Crippen LogP contribution in [0.2, 0.25) is 0 Å². The van der Waals surface area contributed by atoms with E-state index < -0.39 is 11.2 Å². The lowest BCUT2D eigenvalue weighted by atomic mass is 9.77. The zero-order valence-electron chi connectivity index (χ0n) is 19.1. The quantitative estimate of drug-likeness (QED) is 0.656. The maximum atomic E-state index is 12.7. The monoisotopic (exact) mass is 465 g/mol. The number of aliphatic hydroxyl groups is 1. The first-order valence-electron chi connectivity index (χ1n) is 12.0. The van der Waals surface area contributed by atoms with Gasteiger partial charge in [-0.15, -0.1) is 0 Å². The molecule has 6 rings (SSSR count). The first kappa shape index (κ1) is 21.4. The third kappa shape index (κ3) is 3.83. The molecular weight excluding hydrogens is 434 g/mol. The summed E-state index contributed by atoms with van der Waals surface area (Å²) in [4.78, 5) is 15.0. The lowest BCUT2D eigenvalue weighted by molar-refractivity contribution is 0.143. The molecule has 7 nitrogen and oxygen atoms in total. The van der Waals surface area contributed by atoms with E-state index in [1.165, 1.54) is 22.3 Å². The van der Waals surface area contributed by atoms with E-state index in [2.05, 4.69) is 46.4 Å². The fourth-order valence-corrected chi connectivity index (χ4v) is 6.71. The number of hydrogen-bond donors (Lipinski definition) is 2. The molecule has 4 heterocycles. The van der Waals surface area contributed by atoms with Gasteiger partial charge in [-0.05, 0) is 66.2 Å². The Hall–Kier alpha value is -2.13. The molecule has 2 N–H and O–H groups in total. The Kier molecular flexibility index (Phi) is 5.36. The highest BCUT2D eigenvalue weighted by molar-refractivity contribution is 7.91. The Bertz CT molecular complexity index is 1110. The summed E-state index contributed by atoms with van der Waals surface area (Å²) < 4.78 is 12.7. The van der Waals surface area contributed by atoms with E-state index in [9.17, 15) is 9.66 Å². The lowest BCUT2D eigenvalue weighted by Crippen LogP contribution is -2.49. The number of aliphatic hydroxyl groups excluding tert-OH is 1. The third-order valence-corrected chi connectivity index (χ3v) is 9.09. The van der Waals surface area contributed by atoms with Gasteiger partial charge in [0, 0.05) is 32.6 Å². The molecule has 0 amide bonds. The fourth-order valence-electron chi connectivity index (χ4n) is 5.41. The average Bonchev–Trinajstić information content (AvgIpc) is 3.41. The van der Waals surface area contributed by atoms with E-state index >= 15 is 0 Å². The zero-order chi connectivity index (χ0) is 22.6. The van der Waals surface area contributed by atoms with Crippen LogP contribution in [0.15, 0.2) is 29.2 Å². The highest BCUT2D eigenvalue weighted by Crippen LogP contribution is 2.39. The molecule has 1 aromatic carbocycles. The van der Waals surface area contributed by atoms with Crippen LogP contribution >= 0.6 is 0 Å². The van der Waals surface area contributed by atoms with Gasteiger partial charge in [-0.25, -0.2) is 4.98 Å². The molecule has 1 saturated carbocycles. The van der Waals surface area contributed by atoms with Gasteiger partial charge in [-0.1, -0.05) is 24.3 Å². The van der Waals surface area contributed by atoms with E-state index in [1.807, 2.05) is 0 Å². The molecule has 1 aromatic heterocycles. The first-order chi connectivity index (χ1) is 16.0. The van der Waals surface area contributed by atoms with Crippen molar-refractivity contribution in [2.24, 2.45) is 0 Å². The Morgan fingerprint density at radius 1 is 1.18 bits per heavy atom. The minimum atomic E-state index is -1.08. The first-order valence-corrected chi connectivity index (χ1v) is 13.3. The minimum absolute atomic E-state index is 0.0688. The number of nitrogens with zero attached hydrogens (tertiary/aromatic N) is 4. The number of anilines is 2. The normalized spacial score (nSPS) is 23.7. The molecule has 1 atom stereocenters. The minimum Gasteiger partial charge on any atom is -0.611 e. The topological polar surface area (TPSA) is 87.6 Å². The van der Waals surface area contributed by atoms with Crippen LogP contribution < -0.4 is 10.2 Å². The number of fused-ring (bicyclic) bond motifs is 2. The second-order valence-corrected chi connectivity index (χ2v) is 11.5. The molecule has 0 radical (unpaired) electrons. The summed E-state index contributed by atoms with van der Waals surface area (Å²) in [6.07, 6.45) is 6.92. The number of aryl methyl sites for hydroxylation is 1. The van der Waals surface area contributed by atoms with Crippen LogP contribution in [0.1, 0.15) is 41.6 Å². The highest BCUT2D eigenvalue weighted by atomic mass is 32.2. The van der Waals surface area contributed by atoms with Crippen molar-refractivity contribution in [1.29, 1.82) is 0 Å². The number of hydrogen-bond acceptors (Lipinski definition) is 7. The van der Waals surface area contributed by atoms with Gasteiger partial charge in [-0.2, -0.15) is 4.98 Å². The van der Waals surface area contributed by atoms with Crippen LogP contribution in [0.3, 0.4) is 0 Å². The van der Waals surface area contributed by atoms with Crippen molar-refractivity contribution < 1.29 is 9.66 Å². The Morgan fingerprint density at radius 3 is 2.79 bits per heavy atom. The maximum absolute atomic E-state index is 12.7. The summed E-state index contributed by atoms with van der Waals surface area (Å²) in [5, 5.41) is 13.4. The standard InChI is InChI=1S/C25H31N5O2S/c1-29-10-5-20(14-29)17-3-4-19-15-30(11-6-18(19)13-17)24-26-21-7-12-33(32)22(21)23(27-24)28-25(16-31)8-2-9-25/h3-5,13,31H,2,6-12,14-16H2,1H3,(H,26,27,28)/t33-/m1/s1. The van der Waals surface area contributed by atoms with Crippen LogP contribution in [0, 0.1) is 0 Å². The van der Waals surface area contributed by atoms with Crippen LogP contribution in [-0.2, 0) is 30.6 Å². The smallest absolute Gasteiger partial charge is 0.228 e. The molecule has 3 aliphatic heterocycles. The predicted molar refractivity (Wildman–Crippen MR) is 131 cm³/mol. The molecule has 0 spiro atoms. The van der Waals surface area contributed by atoms with Crippen LogP contribution in [0.5, 0.6) is 0 Å². The number of benzene rings is 1. The van der Waals surface area contributed by atoms with Crippen molar-refractivity contribution in [3.05, 3.63) is 46.7 Å². The second kappa shape index (κ2) is 8.27. The third-order valence-electron chi connectivity index (χ3n) is 7.63. The Morgan fingerprint density at radius 2 is 2.06 bits per heavy atom. The van der Waals surface area contributed by atoms with E-state index in [4.69, 9.17) is 9.97 Å². The molecule has 1 fully saturated rings. The lowest BCUT2D eigenvalue weighted by Gasteiger charge is -2.41. The average molecular weight is 466 g/mol. The summed E-state index contributed by atoms with van der Waals surface area (Å²) in [5.41, 5.74) is 6.05. The SMILES string of the molecule is CN1CC=C(c2ccc3c(c2)CCN(c2nc4c(c(NC5(CO)CCC5)n2)[S@+]([O-])CC4)C3)C1. The van der Waals surface area contributed by atoms with Gasteiger partial charge in [-0.3, -0.25) is 4.90 Å². The van der Waals surface area contributed by atoms with Crippen molar-refractivity contribution >= 4 is 28.5 Å². The van der Waals surface area contributed by atoms with E-state index in [-0.39, 0.29) is 12.1 Å². The van der Waals surface area contributed by atoms with Crippen LogP contribution in [-0.4, -0.2) is 69.1 Å². The number of rotatable bonds is 5. The van der Waals surface area contributed by atoms with Crippen molar-refractivity contribution in [2.75, 3.05) is 49.3 Å². The summed E-state index contributed by atoms with van der Waals surface area (Å²) in [7, 11) is 2.16. The molecule has 2 aromatic rings. The Labute approximate surface area is 198 Å². The summed E-state index contributed by atoms with van der Waals surface area (Å²) in [5.74, 6) is 1.97. The summed E-state index contributed by atoms with van der Waals surface area (Å²) in [6.45, 7) is 3.75. The van der Waals surface area contributed by atoms with Gasteiger partial charge in [0.1, 0.15) is 11.4 Å². The van der Waals surface area contributed by atoms with Gasteiger partial charge >= 0.3 is 0 Å². The van der Waals surface area contributed by atoms with Crippen molar-refractivity contribution in [1.82, 2.24) is 14.9 Å². The molecule has 8 heteroatoms. The van der Waals surface area contributed by atoms with Crippen molar-refractivity contribution in [2.45, 2.75) is 49.1 Å². The number of likely N-dealkylation sites (N-methyl/N-ethyl adjacent to an activating group) is 1. The molecule has 0 unspecified atom stereocenters. The molecule has 174 valence electrons. The van der Waals surface area contributed by atoms with Crippen LogP contribution in [0.25, 0.3) is 5.57 Å². The number of aromatic nitrogens is 2. The van der Waals surface area contributed by atoms with E-state index in [0.717, 1.165) is 68.9 Å². The summed E-state index contributed by atoms with van der Waals surface area (Å²) >= 11 is -1.08. The fraction of sp³-hybridized carbons (Fsp3) is 0.520. The molecule has 0 bridgehead atoms. The molecule has 1 aliphatic carbocycles. The predicted octanol–water partition coefficient (Wildman–Crippen LogP) is 2.36. The maximum Gasteiger partial charge on any atom is 0.228 e. The van der Waals surface area contributed by atoms with E-state index in [1.54, 1.807) is 0 Å². The molecule has 33 heavy (non-hydrogen) atoms. The van der Waals surface area contributed by atoms with Crippen LogP contribution in [0.4, 0.5) is 11.8 Å². The zero-order valence-corrected chi connectivity index (χ0v) is 20.0. The molecule has 4 aliphatic rings. The van der Waals surface area contributed by atoms with Gasteiger partial charge in [0.25, 0.3) is 0 Å². The largest absolute Gasteiger partial charge is 0.611 e. The van der Waals surface area contributed by atoms with Gasteiger partial charge < -0.3 is 19.9 Å². The van der Waals surface area contributed by atoms with Gasteiger partial charge in [0.2, 0.25) is 10.8 Å². The highest BCUT2D eigenvalue weighted by Gasteiger charge is 2.41. The summed E-state index contributed by atoms with van der Waals surface area (Å²) in [6, 6.07) is 6.86. The molecular formula is C25H31N5O2S. The Balaban J connectivity index is 1.28. The van der Waals surface area contributed by atoms with Gasteiger partial charge in [0.15, 0.2) is 5.82 Å². The van der Waals surface area contributed by atoms with Crippen molar-refractivity contribution in [3.8, 4) is 0 Å².